The number of carbonyl (C=O) groups excluding carboxylic acids is 1. The Kier molecular flexibility index (Phi) is 3.80. The monoisotopic (exact) mass is 346 g/mol. The van der Waals surface area contributed by atoms with Crippen LogP contribution in [0, 0.1) is 0 Å². The van der Waals surface area contributed by atoms with Crippen LogP contribution >= 0.6 is 27.3 Å². The standard InChI is InChI=1S/C15H11BrN2OS/c16-14-3-1-2-11(6-14)7-18-8-13(9-19)15(17-18)12-4-5-20-10-12/h1-6,8-10H,7H2. The third-order valence-corrected chi connectivity index (χ3v) is 4.12. The van der Waals surface area contributed by atoms with Crippen molar-refractivity contribution in [1.82, 2.24) is 9.78 Å². The predicted octanol–water partition coefficient (Wildman–Crippen LogP) is 4.23. The fourth-order valence-electron chi connectivity index (χ4n) is 2.05. The molecular formula is C15H11BrN2OS. The lowest BCUT2D eigenvalue weighted by atomic mass is 10.2. The van der Waals surface area contributed by atoms with Gasteiger partial charge in [0.1, 0.15) is 5.69 Å². The van der Waals surface area contributed by atoms with Crippen LogP contribution in [0.25, 0.3) is 11.3 Å². The van der Waals surface area contributed by atoms with Crippen LogP contribution in [0.4, 0.5) is 0 Å². The van der Waals surface area contributed by atoms with Crippen molar-refractivity contribution in [3.8, 4) is 11.3 Å². The molecule has 0 amide bonds. The smallest absolute Gasteiger partial charge is 0.153 e. The molecule has 20 heavy (non-hydrogen) atoms. The maximum Gasteiger partial charge on any atom is 0.153 e. The summed E-state index contributed by atoms with van der Waals surface area (Å²) in [5, 5.41) is 8.51. The Balaban J connectivity index is 1.93. The lowest BCUT2D eigenvalue weighted by Gasteiger charge is -2.02. The van der Waals surface area contributed by atoms with Gasteiger partial charge in [-0.15, -0.1) is 0 Å². The minimum atomic E-state index is 0.624. The van der Waals surface area contributed by atoms with Crippen LogP contribution < -0.4 is 0 Å². The van der Waals surface area contributed by atoms with Crippen LogP contribution in [0.1, 0.15) is 15.9 Å². The van der Waals surface area contributed by atoms with Gasteiger partial charge in [0.05, 0.1) is 12.1 Å². The third kappa shape index (κ3) is 2.73. The number of thiophene rings is 1. The second-order valence-corrected chi connectivity index (χ2v) is 6.09. The molecule has 0 aliphatic rings. The van der Waals surface area contributed by atoms with Crippen molar-refractivity contribution < 1.29 is 4.79 Å². The molecule has 0 fully saturated rings. The van der Waals surface area contributed by atoms with Crippen LogP contribution in [0.15, 0.2) is 51.8 Å². The summed E-state index contributed by atoms with van der Waals surface area (Å²) in [5.41, 5.74) is 3.50. The second kappa shape index (κ2) is 5.73. The molecule has 0 radical (unpaired) electrons. The molecule has 0 atom stereocenters. The van der Waals surface area contributed by atoms with E-state index in [1.165, 1.54) is 0 Å². The van der Waals surface area contributed by atoms with E-state index in [-0.39, 0.29) is 0 Å². The van der Waals surface area contributed by atoms with Gasteiger partial charge in [0.15, 0.2) is 6.29 Å². The van der Waals surface area contributed by atoms with Crippen LogP contribution in [-0.4, -0.2) is 16.1 Å². The molecule has 0 bridgehead atoms. The topological polar surface area (TPSA) is 34.9 Å². The Morgan fingerprint density at radius 1 is 1.35 bits per heavy atom. The number of rotatable bonds is 4. The first kappa shape index (κ1) is 13.3. The zero-order valence-corrected chi connectivity index (χ0v) is 12.9. The Labute approximate surface area is 129 Å². The first-order valence-corrected chi connectivity index (χ1v) is 7.79. The molecule has 0 spiro atoms. The molecule has 0 saturated heterocycles. The predicted molar refractivity (Wildman–Crippen MR) is 84.2 cm³/mol. The highest BCUT2D eigenvalue weighted by Crippen LogP contribution is 2.23. The van der Waals surface area contributed by atoms with Crippen molar-refractivity contribution in [2.75, 3.05) is 0 Å². The van der Waals surface area contributed by atoms with Crippen LogP contribution in [0.2, 0.25) is 0 Å². The van der Waals surface area contributed by atoms with Gasteiger partial charge in [-0.2, -0.15) is 16.4 Å². The number of halogens is 1. The minimum Gasteiger partial charge on any atom is -0.298 e. The number of nitrogens with zero attached hydrogens (tertiary/aromatic N) is 2. The number of carbonyl (C=O) groups is 1. The van der Waals surface area contributed by atoms with Gasteiger partial charge < -0.3 is 0 Å². The van der Waals surface area contributed by atoms with Gasteiger partial charge in [0, 0.05) is 21.6 Å². The second-order valence-electron chi connectivity index (χ2n) is 4.39. The van der Waals surface area contributed by atoms with E-state index in [0.717, 1.165) is 27.6 Å². The Bertz CT molecular complexity index is 734. The average molecular weight is 347 g/mol. The van der Waals surface area contributed by atoms with Gasteiger partial charge >= 0.3 is 0 Å². The van der Waals surface area contributed by atoms with Crippen molar-refractivity contribution in [1.29, 1.82) is 0 Å². The van der Waals surface area contributed by atoms with E-state index in [9.17, 15) is 4.79 Å². The fourth-order valence-corrected chi connectivity index (χ4v) is 3.14. The molecule has 0 N–H and O–H groups in total. The molecule has 0 aliphatic heterocycles. The maximum atomic E-state index is 11.2. The van der Waals surface area contributed by atoms with Crippen LogP contribution in [0.3, 0.4) is 0 Å². The van der Waals surface area contributed by atoms with Gasteiger partial charge in [0.2, 0.25) is 0 Å². The minimum absolute atomic E-state index is 0.624. The largest absolute Gasteiger partial charge is 0.298 e. The maximum absolute atomic E-state index is 11.2. The summed E-state index contributed by atoms with van der Waals surface area (Å²) in [4.78, 5) is 11.2. The number of hydrogen-bond donors (Lipinski definition) is 0. The van der Waals surface area contributed by atoms with E-state index in [1.54, 1.807) is 22.2 Å². The highest BCUT2D eigenvalue weighted by atomic mass is 79.9. The zero-order chi connectivity index (χ0) is 13.9. The molecule has 2 heterocycles. The highest BCUT2D eigenvalue weighted by Gasteiger charge is 2.11. The molecule has 0 aliphatic carbocycles. The number of hydrogen-bond acceptors (Lipinski definition) is 3. The molecule has 100 valence electrons. The first-order chi connectivity index (χ1) is 9.76. The summed E-state index contributed by atoms with van der Waals surface area (Å²) in [6.07, 6.45) is 2.65. The van der Waals surface area contributed by atoms with Crippen molar-refractivity contribution in [3.05, 3.63) is 62.9 Å². The molecular weight excluding hydrogens is 336 g/mol. The van der Waals surface area contributed by atoms with Gasteiger partial charge in [-0.05, 0) is 29.1 Å². The quantitative estimate of drug-likeness (QED) is 0.662. The third-order valence-electron chi connectivity index (χ3n) is 2.95. The molecule has 5 heteroatoms. The average Bonchev–Trinajstić information content (AvgIpc) is 3.06. The van der Waals surface area contributed by atoms with Crippen molar-refractivity contribution in [2.24, 2.45) is 0 Å². The molecule has 3 rings (SSSR count). The Hall–Kier alpha value is -1.72. The van der Waals surface area contributed by atoms with Gasteiger partial charge in [-0.1, -0.05) is 28.1 Å². The SMILES string of the molecule is O=Cc1cn(Cc2cccc(Br)c2)nc1-c1ccsc1. The van der Waals surface area contributed by atoms with Crippen molar-refractivity contribution in [2.45, 2.75) is 6.54 Å². The van der Waals surface area contributed by atoms with Gasteiger partial charge in [-0.3, -0.25) is 9.48 Å². The summed E-state index contributed by atoms with van der Waals surface area (Å²) in [5.74, 6) is 0. The van der Waals surface area contributed by atoms with Crippen molar-refractivity contribution >= 4 is 33.6 Å². The summed E-state index contributed by atoms with van der Waals surface area (Å²) in [6.45, 7) is 0.643. The van der Waals surface area contributed by atoms with Gasteiger partial charge in [-0.25, -0.2) is 0 Å². The highest BCUT2D eigenvalue weighted by molar-refractivity contribution is 9.10. The molecule has 1 aromatic carbocycles. The molecule has 2 aromatic heterocycles. The summed E-state index contributed by atoms with van der Waals surface area (Å²) in [7, 11) is 0. The molecule has 3 nitrogen and oxygen atoms in total. The Morgan fingerprint density at radius 2 is 2.25 bits per heavy atom. The first-order valence-electron chi connectivity index (χ1n) is 6.06. The number of aldehydes is 1. The van der Waals surface area contributed by atoms with E-state index >= 15 is 0 Å². The molecule has 3 aromatic rings. The van der Waals surface area contributed by atoms with Crippen LogP contribution in [-0.2, 0) is 6.54 Å². The van der Waals surface area contributed by atoms with E-state index < -0.39 is 0 Å². The molecule has 0 saturated carbocycles. The van der Waals surface area contributed by atoms with E-state index in [1.807, 2.05) is 41.1 Å². The van der Waals surface area contributed by atoms with E-state index in [0.29, 0.717) is 12.1 Å². The summed E-state index contributed by atoms with van der Waals surface area (Å²) in [6, 6.07) is 10.0. The number of benzene rings is 1. The summed E-state index contributed by atoms with van der Waals surface area (Å²) >= 11 is 5.05. The lowest BCUT2D eigenvalue weighted by Crippen LogP contribution is -2.00. The zero-order valence-electron chi connectivity index (χ0n) is 10.5. The molecule has 0 unspecified atom stereocenters. The lowest BCUT2D eigenvalue weighted by molar-refractivity contribution is 0.112. The fraction of sp³-hybridized carbons (Fsp3) is 0.0667. The van der Waals surface area contributed by atoms with Gasteiger partial charge in [0.25, 0.3) is 0 Å². The number of aromatic nitrogens is 2. The summed E-state index contributed by atoms with van der Waals surface area (Å²) < 4.78 is 2.84. The van der Waals surface area contributed by atoms with Crippen LogP contribution in [0.5, 0.6) is 0 Å². The Morgan fingerprint density at radius 3 is 2.95 bits per heavy atom. The van der Waals surface area contributed by atoms with E-state index in [2.05, 4.69) is 21.0 Å². The van der Waals surface area contributed by atoms with Crippen molar-refractivity contribution in [3.63, 3.8) is 0 Å². The van der Waals surface area contributed by atoms with E-state index in [4.69, 9.17) is 0 Å². The normalized spacial score (nSPS) is 10.7.